The monoisotopic (exact) mass is 315 g/mol. The van der Waals surface area contributed by atoms with Crippen molar-refractivity contribution in [2.75, 3.05) is 0 Å². The first-order valence-electron chi connectivity index (χ1n) is 6.32. The van der Waals surface area contributed by atoms with Gasteiger partial charge in [0, 0.05) is 29.9 Å². The molecule has 0 saturated heterocycles. The van der Waals surface area contributed by atoms with E-state index in [9.17, 15) is 19.8 Å². The zero-order valence-corrected chi connectivity index (χ0v) is 14.1. The summed E-state index contributed by atoms with van der Waals surface area (Å²) in [5, 5.41) is 29.1. The summed E-state index contributed by atoms with van der Waals surface area (Å²) in [6.07, 6.45) is 0.801. The molecule has 0 bridgehead atoms. The van der Waals surface area contributed by atoms with Gasteiger partial charge in [-0.15, -0.1) is 0 Å². The fraction of sp³-hybridized carbons (Fsp3) is 0.286. The molecule has 0 aliphatic carbocycles. The van der Waals surface area contributed by atoms with Crippen molar-refractivity contribution >= 4 is 22.8 Å². The van der Waals surface area contributed by atoms with Gasteiger partial charge in [0.05, 0.1) is 0 Å². The van der Waals surface area contributed by atoms with Crippen LogP contribution in [0.2, 0.25) is 0 Å². The topological polar surface area (TPSA) is 137 Å². The van der Waals surface area contributed by atoms with E-state index in [1.165, 1.54) is 0 Å². The maximum absolute atomic E-state index is 11.3. The predicted octanol–water partition coefficient (Wildman–Crippen LogP) is -2.67. The van der Waals surface area contributed by atoms with E-state index >= 15 is 0 Å². The van der Waals surface area contributed by atoms with Crippen molar-refractivity contribution in [2.24, 2.45) is 5.73 Å². The summed E-state index contributed by atoms with van der Waals surface area (Å²) in [6.45, 7) is 0. The number of carbonyl (C=O) groups is 2. The molecule has 1 aromatic carbocycles. The number of aliphatic carboxylic acids is 2. The number of aliphatic hydroxyl groups is 1. The average Bonchev–Trinajstić information content (AvgIpc) is 2.81. The van der Waals surface area contributed by atoms with Crippen molar-refractivity contribution in [3.8, 4) is 0 Å². The van der Waals surface area contributed by atoms with Crippen molar-refractivity contribution in [1.82, 2.24) is 4.98 Å². The Morgan fingerprint density at radius 3 is 2.50 bits per heavy atom. The van der Waals surface area contributed by atoms with E-state index in [0.29, 0.717) is 5.56 Å². The smallest absolute Gasteiger partial charge is 0.480 e. The van der Waals surface area contributed by atoms with Crippen LogP contribution in [0.3, 0.4) is 0 Å². The van der Waals surface area contributed by atoms with Crippen LogP contribution in [0.4, 0.5) is 0 Å². The SMILES string of the molecule is N[C@H](C[C@@](O)(Cc1c[nH]c2ccccc12)C(=O)O)C(=O)O.[Na+]. The van der Waals surface area contributed by atoms with Gasteiger partial charge in [0.25, 0.3) is 0 Å². The zero-order valence-electron chi connectivity index (χ0n) is 12.1. The minimum atomic E-state index is -2.23. The Hall–Kier alpha value is -1.38. The fourth-order valence-corrected chi connectivity index (χ4v) is 2.28. The summed E-state index contributed by atoms with van der Waals surface area (Å²) >= 11 is 0. The third-order valence-electron chi connectivity index (χ3n) is 3.43. The Morgan fingerprint density at radius 1 is 1.27 bits per heavy atom. The molecule has 0 spiro atoms. The number of benzene rings is 1. The Labute approximate surface area is 148 Å². The third kappa shape index (κ3) is 3.88. The summed E-state index contributed by atoms with van der Waals surface area (Å²) < 4.78 is 0. The molecule has 2 atom stereocenters. The molecule has 0 aliphatic rings. The molecule has 0 aliphatic heterocycles. The molecule has 22 heavy (non-hydrogen) atoms. The number of para-hydroxylation sites is 1. The number of hydrogen-bond donors (Lipinski definition) is 5. The van der Waals surface area contributed by atoms with E-state index in [2.05, 4.69) is 4.98 Å². The van der Waals surface area contributed by atoms with Crippen molar-refractivity contribution < 1.29 is 54.5 Å². The van der Waals surface area contributed by atoms with Crippen LogP contribution in [-0.2, 0) is 16.0 Å². The molecule has 0 unspecified atom stereocenters. The van der Waals surface area contributed by atoms with Gasteiger partial charge in [-0.05, 0) is 11.6 Å². The summed E-state index contributed by atoms with van der Waals surface area (Å²) in [4.78, 5) is 25.1. The number of aromatic nitrogens is 1. The summed E-state index contributed by atoms with van der Waals surface area (Å²) in [7, 11) is 0. The molecule has 8 heteroatoms. The second kappa shape index (κ2) is 7.26. The van der Waals surface area contributed by atoms with Crippen LogP contribution in [0, 0.1) is 0 Å². The first-order valence-corrected chi connectivity index (χ1v) is 6.32. The molecule has 6 N–H and O–H groups in total. The molecule has 112 valence electrons. The van der Waals surface area contributed by atoms with E-state index in [-0.39, 0.29) is 36.0 Å². The average molecular weight is 315 g/mol. The molecular weight excluding hydrogens is 299 g/mol. The number of carboxylic acid groups (broad SMARTS) is 2. The van der Waals surface area contributed by atoms with Gasteiger partial charge in [-0.3, -0.25) is 4.79 Å². The van der Waals surface area contributed by atoms with Gasteiger partial charge in [-0.2, -0.15) is 0 Å². The summed E-state index contributed by atoms with van der Waals surface area (Å²) in [5.41, 5.74) is 4.52. The van der Waals surface area contributed by atoms with Crippen molar-refractivity contribution in [2.45, 2.75) is 24.5 Å². The minimum Gasteiger partial charge on any atom is -0.480 e. The summed E-state index contributed by atoms with van der Waals surface area (Å²) in [6, 6.07) is 5.79. The molecule has 0 amide bonds. The van der Waals surface area contributed by atoms with Crippen LogP contribution in [-0.4, -0.2) is 43.9 Å². The Kier molecular flexibility index (Phi) is 6.16. The fourth-order valence-electron chi connectivity index (χ4n) is 2.28. The number of nitrogens with one attached hydrogen (secondary N) is 1. The number of carboxylic acids is 2. The molecule has 0 fully saturated rings. The van der Waals surface area contributed by atoms with Gasteiger partial charge in [0.15, 0.2) is 5.60 Å². The summed E-state index contributed by atoms with van der Waals surface area (Å²) in [5.74, 6) is -2.85. The second-order valence-electron chi connectivity index (χ2n) is 5.02. The quantitative estimate of drug-likeness (QED) is 0.369. The normalized spacial score (nSPS) is 14.8. The first-order chi connectivity index (χ1) is 9.83. The second-order valence-corrected chi connectivity index (χ2v) is 5.02. The van der Waals surface area contributed by atoms with Gasteiger partial charge in [0.2, 0.25) is 0 Å². The molecule has 2 rings (SSSR count). The van der Waals surface area contributed by atoms with Crippen LogP contribution < -0.4 is 35.3 Å². The number of aromatic amines is 1. The molecule has 0 radical (unpaired) electrons. The van der Waals surface area contributed by atoms with E-state index in [1.807, 2.05) is 12.1 Å². The Bertz CT molecular complexity index is 687. The predicted molar refractivity (Wildman–Crippen MR) is 74.8 cm³/mol. The van der Waals surface area contributed by atoms with Crippen molar-refractivity contribution in [1.29, 1.82) is 0 Å². The van der Waals surface area contributed by atoms with Crippen LogP contribution in [0.5, 0.6) is 0 Å². The maximum Gasteiger partial charge on any atom is 1.00 e. The van der Waals surface area contributed by atoms with E-state index in [1.54, 1.807) is 18.3 Å². The van der Waals surface area contributed by atoms with E-state index in [0.717, 1.165) is 10.9 Å². The molecule has 0 saturated carbocycles. The van der Waals surface area contributed by atoms with Crippen molar-refractivity contribution in [3.63, 3.8) is 0 Å². The van der Waals surface area contributed by atoms with Gasteiger partial charge < -0.3 is 26.0 Å². The van der Waals surface area contributed by atoms with Gasteiger partial charge >= 0.3 is 41.5 Å². The van der Waals surface area contributed by atoms with Gasteiger partial charge in [0.1, 0.15) is 6.04 Å². The molecule has 1 aromatic heterocycles. The largest absolute Gasteiger partial charge is 1.00 e. The number of hydrogen-bond acceptors (Lipinski definition) is 4. The Morgan fingerprint density at radius 2 is 1.91 bits per heavy atom. The number of fused-ring (bicyclic) bond motifs is 1. The molecule has 7 nitrogen and oxygen atoms in total. The molecule has 2 aromatic rings. The molecule has 1 heterocycles. The number of rotatable bonds is 6. The standard InChI is InChI=1S/C14H16N2O5.Na/c15-10(12(17)18)6-14(21,13(19)20)5-8-7-16-11-4-2-1-3-9(8)11;/h1-4,7,10,16,21H,5-6,15H2,(H,17,18)(H,19,20);/q;+1/t10-,14+;/m1./s1. The minimum absolute atomic E-state index is 0. The maximum atomic E-state index is 11.3. The Balaban J connectivity index is 0.00000242. The van der Waals surface area contributed by atoms with E-state index in [4.69, 9.17) is 10.8 Å². The number of nitrogens with two attached hydrogens (primary N) is 1. The van der Waals surface area contributed by atoms with Crippen molar-refractivity contribution in [3.05, 3.63) is 36.0 Å². The molecular formula is C14H16N2NaO5+. The van der Waals surface area contributed by atoms with Gasteiger partial charge in [-0.1, -0.05) is 18.2 Å². The third-order valence-corrected chi connectivity index (χ3v) is 3.43. The van der Waals surface area contributed by atoms with Gasteiger partial charge in [-0.25, -0.2) is 4.79 Å². The number of H-pyrrole nitrogens is 1. The van der Waals surface area contributed by atoms with Crippen LogP contribution in [0.15, 0.2) is 30.5 Å². The van der Waals surface area contributed by atoms with Crippen LogP contribution in [0.25, 0.3) is 10.9 Å². The van der Waals surface area contributed by atoms with E-state index < -0.39 is 30.0 Å². The van der Waals surface area contributed by atoms with Crippen LogP contribution >= 0.6 is 0 Å². The first kappa shape index (κ1) is 18.7. The van der Waals surface area contributed by atoms with Crippen LogP contribution in [0.1, 0.15) is 12.0 Å². The zero-order chi connectivity index (χ0) is 15.6.